The molecule has 5 nitrogen and oxygen atoms in total. The minimum Gasteiger partial charge on any atom is -0.336 e. The van der Waals surface area contributed by atoms with Crippen LogP contribution >= 0.6 is 11.6 Å². The third kappa shape index (κ3) is 5.32. The Balaban J connectivity index is 4.04. The molecule has 0 rings (SSSR count). The van der Waals surface area contributed by atoms with Gasteiger partial charge >= 0.3 is 6.03 Å². The molecule has 0 aromatic rings. The number of nitrogens with zero attached hydrogens (tertiary/aromatic N) is 1. The Morgan fingerprint density at radius 1 is 1.38 bits per heavy atom. The third-order valence-electron chi connectivity index (χ3n) is 2.49. The Morgan fingerprint density at radius 3 is 2.25 bits per heavy atom. The van der Waals surface area contributed by atoms with E-state index in [2.05, 4.69) is 10.6 Å². The van der Waals surface area contributed by atoms with Crippen LogP contribution < -0.4 is 10.6 Å². The molecule has 1 atom stereocenters. The van der Waals surface area contributed by atoms with E-state index < -0.39 is 17.3 Å². The lowest BCUT2D eigenvalue weighted by atomic mass is 10.1. The molecule has 0 saturated carbocycles. The Labute approximate surface area is 102 Å². The number of halogens is 1. The number of hydrogen-bond acceptors (Lipinski definition) is 3. The molecule has 3 amide bonds. The molecule has 0 aliphatic rings. The molecule has 16 heavy (non-hydrogen) atoms. The highest BCUT2D eigenvalue weighted by Gasteiger charge is 2.21. The van der Waals surface area contributed by atoms with Crippen molar-refractivity contribution in [3.8, 4) is 0 Å². The normalized spacial score (nSPS) is 13.4. The smallest absolute Gasteiger partial charge is 0.321 e. The zero-order chi connectivity index (χ0) is 12.9. The van der Waals surface area contributed by atoms with Gasteiger partial charge in [0.25, 0.3) is 0 Å². The van der Waals surface area contributed by atoms with Gasteiger partial charge in [-0.1, -0.05) is 0 Å². The average Bonchev–Trinajstić information content (AvgIpc) is 2.14. The van der Waals surface area contributed by atoms with E-state index in [1.807, 2.05) is 32.8 Å². The van der Waals surface area contributed by atoms with Crippen LogP contribution in [0.15, 0.2) is 0 Å². The van der Waals surface area contributed by atoms with Gasteiger partial charge in [-0.25, -0.2) is 4.79 Å². The number of urea groups is 1. The predicted molar refractivity (Wildman–Crippen MR) is 64.6 cm³/mol. The lowest BCUT2D eigenvalue weighted by Gasteiger charge is -2.32. The van der Waals surface area contributed by atoms with Crippen LogP contribution in [-0.4, -0.2) is 48.4 Å². The van der Waals surface area contributed by atoms with Crippen LogP contribution in [0.25, 0.3) is 0 Å². The fourth-order valence-electron chi connectivity index (χ4n) is 0.710. The van der Waals surface area contributed by atoms with E-state index in [0.717, 1.165) is 0 Å². The molecule has 0 aliphatic heterocycles. The summed E-state index contributed by atoms with van der Waals surface area (Å²) in [4.78, 5) is 24.4. The number of nitrogens with one attached hydrogen (secondary N) is 2. The second kappa shape index (κ2) is 6.06. The summed E-state index contributed by atoms with van der Waals surface area (Å²) >= 11 is 5.51. The summed E-state index contributed by atoms with van der Waals surface area (Å²) in [6, 6.07) is -0.521. The van der Waals surface area contributed by atoms with Gasteiger partial charge in [-0.15, -0.1) is 11.6 Å². The SMILES string of the molecule is CC(Cl)C(=O)NC(=O)NCC(C)(C)N(C)C. The van der Waals surface area contributed by atoms with Gasteiger partial charge in [0.05, 0.1) is 0 Å². The first kappa shape index (κ1) is 15.2. The van der Waals surface area contributed by atoms with E-state index in [0.29, 0.717) is 6.54 Å². The molecule has 0 fully saturated rings. The third-order valence-corrected chi connectivity index (χ3v) is 2.69. The molecule has 6 heteroatoms. The van der Waals surface area contributed by atoms with Gasteiger partial charge in [-0.2, -0.15) is 0 Å². The van der Waals surface area contributed by atoms with E-state index >= 15 is 0 Å². The van der Waals surface area contributed by atoms with E-state index in [1.165, 1.54) is 6.92 Å². The minimum atomic E-state index is -0.715. The molecule has 0 aromatic carbocycles. The molecule has 0 saturated heterocycles. The summed E-state index contributed by atoms with van der Waals surface area (Å²) < 4.78 is 0. The van der Waals surface area contributed by atoms with Crippen LogP contribution in [0, 0.1) is 0 Å². The second-order valence-corrected chi connectivity index (χ2v) is 5.15. The van der Waals surface area contributed by atoms with Crippen molar-refractivity contribution >= 4 is 23.5 Å². The van der Waals surface area contributed by atoms with Crippen molar-refractivity contribution < 1.29 is 9.59 Å². The fourth-order valence-corrected chi connectivity index (χ4v) is 0.765. The minimum absolute atomic E-state index is 0.174. The Kier molecular flexibility index (Phi) is 5.75. The topological polar surface area (TPSA) is 61.4 Å². The molecule has 0 aromatic heterocycles. The van der Waals surface area contributed by atoms with E-state index in [-0.39, 0.29) is 5.54 Å². The van der Waals surface area contributed by atoms with Gasteiger partial charge in [-0.3, -0.25) is 10.1 Å². The van der Waals surface area contributed by atoms with Crippen molar-refractivity contribution in [2.24, 2.45) is 0 Å². The van der Waals surface area contributed by atoms with Gasteiger partial charge in [0, 0.05) is 12.1 Å². The number of carbonyl (C=O) groups excluding carboxylic acids is 2. The molecule has 0 heterocycles. The van der Waals surface area contributed by atoms with Crippen molar-refractivity contribution in [2.45, 2.75) is 31.7 Å². The Morgan fingerprint density at radius 2 is 1.88 bits per heavy atom. The quantitative estimate of drug-likeness (QED) is 0.724. The average molecular weight is 250 g/mol. The summed E-state index contributed by atoms with van der Waals surface area (Å²) in [5.41, 5.74) is -0.174. The maximum absolute atomic E-state index is 11.3. The summed E-state index contributed by atoms with van der Waals surface area (Å²) in [6.07, 6.45) is 0. The van der Waals surface area contributed by atoms with Gasteiger partial charge in [-0.05, 0) is 34.9 Å². The number of rotatable bonds is 4. The summed E-state index contributed by atoms with van der Waals surface area (Å²) in [5.74, 6) is -0.498. The lowest BCUT2D eigenvalue weighted by molar-refractivity contribution is -0.119. The summed E-state index contributed by atoms with van der Waals surface area (Å²) in [5, 5.41) is 4.06. The second-order valence-electron chi connectivity index (χ2n) is 4.49. The van der Waals surface area contributed by atoms with Crippen LogP contribution in [0.4, 0.5) is 4.79 Å². The molecule has 0 radical (unpaired) electrons. The van der Waals surface area contributed by atoms with Crippen LogP contribution in [0.3, 0.4) is 0 Å². The number of amides is 3. The molecule has 94 valence electrons. The van der Waals surface area contributed by atoms with E-state index in [9.17, 15) is 9.59 Å². The standard InChI is InChI=1S/C10H20ClN3O2/c1-7(11)8(15)13-9(16)12-6-10(2,3)14(4)5/h7H,6H2,1-5H3,(H2,12,13,15,16). The highest BCUT2D eigenvalue weighted by molar-refractivity contribution is 6.31. The van der Waals surface area contributed by atoms with Crippen LogP contribution in [0.2, 0.25) is 0 Å². The number of carbonyl (C=O) groups is 2. The Hall–Kier alpha value is -0.810. The summed E-state index contributed by atoms with van der Waals surface area (Å²) in [6.45, 7) is 5.92. The largest absolute Gasteiger partial charge is 0.336 e. The first-order valence-electron chi connectivity index (χ1n) is 5.07. The molecule has 0 bridgehead atoms. The van der Waals surface area contributed by atoms with Gasteiger partial charge < -0.3 is 10.2 Å². The lowest BCUT2D eigenvalue weighted by Crippen LogP contribution is -2.51. The maximum atomic E-state index is 11.3. The molecule has 0 spiro atoms. The number of likely N-dealkylation sites (N-methyl/N-ethyl adjacent to an activating group) is 1. The van der Waals surface area contributed by atoms with E-state index in [1.54, 1.807) is 0 Å². The number of hydrogen-bond donors (Lipinski definition) is 2. The van der Waals surface area contributed by atoms with Gasteiger partial charge in [0.2, 0.25) is 5.91 Å². The first-order valence-corrected chi connectivity index (χ1v) is 5.50. The monoisotopic (exact) mass is 249 g/mol. The molecule has 1 unspecified atom stereocenters. The number of imide groups is 1. The molecule has 2 N–H and O–H groups in total. The van der Waals surface area contributed by atoms with Gasteiger partial charge in [0.1, 0.15) is 5.38 Å². The molecule has 0 aliphatic carbocycles. The maximum Gasteiger partial charge on any atom is 0.321 e. The van der Waals surface area contributed by atoms with Crippen LogP contribution in [0.5, 0.6) is 0 Å². The first-order chi connectivity index (χ1) is 7.16. The van der Waals surface area contributed by atoms with Crippen molar-refractivity contribution in [3.63, 3.8) is 0 Å². The predicted octanol–water partition coefficient (Wildman–Crippen LogP) is 0.780. The van der Waals surface area contributed by atoms with Crippen LogP contribution in [0.1, 0.15) is 20.8 Å². The highest BCUT2D eigenvalue weighted by atomic mass is 35.5. The van der Waals surface area contributed by atoms with E-state index in [4.69, 9.17) is 11.6 Å². The zero-order valence-electron chi connectivity index (χ0n) is 10.4. The van der Waals surface area contributed by atoms with Gasteiger partial charge in [0.15, 0.2) is 0 Å². The molecular weight excluding hydrogens is 230 g/mol. The highest BCUT2D eigenvalue weighted by Crippen LogP contribution is 2.07. The zero-order valence-corrected chi connectivity index (χ0v) is 11.2. The van der Waals surface area contributed by atoms with Crippen molar-refractivity contribution in [3.05, 3.63) is 0 Å². The van der Waals surface area contributed by atoms with Crippen molar-refractivity contribution in [1.29, 1.82) is 0 Å². The van der Waals surface area contributed by atoms with Crippen LogP contribution in [-0.2, 0) is 4.79 Å². The fraction of sp³-hybridized carbons (Fsp3) is 0.800. The number of alkyl halides is 1. The molecular formula is C10H20ClN3O2. The van der Waals surface area contributed by atoms with Crippen molar-refractivity contribution in [1.82, 2.24) is 15.5 Å². The van der Waals surface area contributed by atoms with Crippen molar-refractivity contribution in [2.75, 3.05) is 20.6 Å². The Bertz CT molecular complexity index is 265. The summed E-state index contributed by atoms with van der Waals surface area (Å²) in [7, 11) is 3.84.